The summed E-state index contributed by atoms with van der Waals surface area (Å²) < 4.78 is 5.31. The first-order chi connectivity index (χ1) is 8.61. The molecule has 1 aliphatic rings. The smallest absolute Gasteiger partial charge is 0.0793 e. The molecule has 0 spiro atoms. The van der Waals surface area contributed by atoms with Gasteiger partial charge in [-0.2, -0.15) is 0 Å². The Morgan fingerprint density at radius 3 is 2.56 bits per heavy atom. The molecule has 2 unspecified atom stereocenters. The molecule has 0 aromatic carbocycles. The summed E-state index contributed by atoms with van der Waals surface area (Å²) in [4.78, 5) is 4.54. The lowest BCUT2D eigenvalue weighted by Crippen LogP contribution is -2.44. The zero-order valence-corrected chi connectivity index (χ0v) is 12.3. The predicted octanol–water partition coefficient (Wildman–Crippen LogP) is 1.05. The van der Waals surface area contributed by atoms with E-state index in [9.17, 15) is 5.11 Å². The summed E-state index contributed by atoms with van der Waals surface area (Å²) in [6.07, 6.45) is 2.26. The van der Waals surface area contributed by atoms with Crippen LogP contribution in [0.2, 0.25) is 0 Å². The fourth-order valence-corrected chi connectivity index (χ4v) is 2.69. The third kappa shape index (κ3) is 6.69. The summed E-state index contributed by atoms with van der Waals surface area (Å²) in [5.74, 6) is 0.718. The van der Waals surface area contributed by atoms with E-state index in [1.807, 2.05) is 0 Å². The molecule has 2 atom stereocenters. The lowest BCUT2D eigenvalue weighted by Gasteiger charge is -2.30. The Morgan fingerprint density at radius 1 is 1.28 bits per heavy atom. The second-order valence-electron chi connectivity index (χ2n) is 5.68. The molecule has 0 aromatic rings. The third-order valence-corrected chi connectivity index (χ3v) is 3.50. The molecular weight excluding hydrogens is 228 g/mol. The number of nitrogens with zero attached hydrogens (tertiary/aromatic N) is 2. The van der Waals surface area contributed by atoms with Gasteiger partial charge in [-0.15, -0.1) is 0 Å². The first-order valence-corrected chi connectivity index (χ1v) is 7.28. The van der Waals surface area contributed by atoms with Gasteiger partial charge in [0, 0.05) is 32.7 Å². The van der Waals surface area contributed by atoms with Crippen molar-refractivity contribution in [3.8, 4) is 0 Å². The van der Waals surface area contributed by atoms with Crippen LogP contribution in [0.4, 0.5) is 0 Å². The van der Waals surface area contributed by atoms with Crippen molar-refractivity contribution in [3.63, 3.8) is 0 Å². The summed E-state index contributed by atoms with van der Waals surface area (Å²) in [5, 5.41) is 10.1. The number of hydrogen-bond acceptors (Lipinski definition) is 4. The average Bonchev–Trinajstić information content (AvgIpc) is 2.29. The summed E-state index contributed by atoms with van der Waals surface area (Å²) in [6.45, 7) is 10.6. The first kappa shape index (κ1) is 15.9. The Kier molecular flexibility index (Phi) is 7.82. The van der Waals surface area contributed by atoms with Gasteiger partial charge in [-0.1, -0.05) is 20.3 Å². The van der Waals surface area contributed by atoms with Gasteiger partial charge in [0.15, 0.2) is 0 Å². The number of ether oxygens (including phenoxy) is 1. The van der Waals surface area contributed by atoms with Crippen molar-refractivity contribution in [2.75, 3.05) is 53.0 Å². The van der Waals surface area contributed by atoms with Gasteiger partial charge in [-0.05, 0) is 19.4 Å². The van der Waals surface area contributed by atoms with Crippen LogP contribution in [0.25, 0.3) is 0 Å². The highest BCUT2D eigenvalue weighted by atomic mass is 16.5. The summed E-state index contributed by atoms with van der Waals surface area (Å²) >= 11 is 0. The maximum atomic E-state index is 10.1. The van der Waals surface area contributed by atoms with E-state index in [0.717, 1.165) is 51.9 Å². The fraction of sp³-hybridized carbons (Fsp3) is 1.00. The Morgan fingerprint density at radius 2 is 1.94 bits per heavy atom. The quantitative estimate of drug-likeness (QED) is 0.706. The predicted molar refractivity (Wildman–Crippen MR) is 74.8 cm³/mol. The third-order valence-electron chi connectivity index (χ3n) is 3.50. The summed E-state index contributed by atoms with van der Waals surface area (Å²) in [6, 6.07) is 0. The highest BCUT2D eigenvalue weighted by Crippen LogP contribution is 2.07. The molecule has 4 heteroatoms. The van der Waals surface area contributed by atoms with Crippen LogP contribution < -0.4 is 0 Å². The summed E-state index contributed by atoms with van der Waals surface area (Å²) in [7, 11) is 2.11. The van der Waals surface area contributed by atoms with Crippen molar-refractivity contribution in [2.45, 2.75) is 32.8 Å². The van der Waals surface area contributed by atoms with E-state index in [-0.39, 0.29) is 6.10 Å². The standard InChI is InChI=1S/C14H30N2O2/c1-4-5-13(2)10-15(3)11-14(17)12-16-6-8-18-9-7-16/h13-14,17H,4-12H2,1-3H3. The molecule has 0 aromatic heterocycles. The van der Waals surface area contributed by atoms with E-state index in [2.05, 4.69) is 30.7 Å². The molecule has 0 bridgehead atoms. The topological polar surface area (TPSA) is 35.9 Å². The summed E-state index contributed by atoms with van der Waals surface area (Å²) in [5.41, 5.74) is 0. The first-order valence-electron chi connectivity index (χ1n) is 7.28. The van der Waals surface area contributed by atoms with Crippen LogP contribution in [-0.4, -0.2) is 74.0 Å². The van der Waals surface area contributed by atoms with Gasteiger partial charge in [0.1, 0.15) is 0 Å². The van der Waals surface area contributed by atoms with Gasteiger partial charge in [0.05, 0.1) is 19.3 Å². The Balaban J connectivity index is 2.15. The number of hydrogen-bond donors (Lipinski definition) is 1. The molecule has 1 aliphatic heterocycles. The molecule has 108 valence electrons. The molecule has 1 rings (SSSR count). The molecule has 0 radical (unpaired) electrons. The molecule has 0 amide bonds. The van der Waals surface area contributed by atoms with E-state index in [4.69, 9.17) is 4.74 Å². The van der Waals surface area contributed by atoms with Crippen molar-refractivity contribution in [1.82, 2.24) is 9.80 Å². The van der Waals surface area contributed by atoms with Crippen LogP contribution in [0.3, 0.4) is 0 Å². The van der Waals surface area contributed by atoms with Crippen LogP contribution in [-0.2, 0) is 4.74 Å². The number of aliphatic hydroxyl groups excluding tert-OH is 1. The lowest BCUT2D eigenvalue weighted by molar-refractivity contribution is 0.00794. The van der Waals surface area contributed by atoms with E-state index >= 15 is 0 Å². The fourth-order valence-electron chi connectivity index (χ4n) is 2.69. The highest BCUT2D eigenvalue weighted by Gasteiger charge is 2.16. The largest absolute Gasteiger partial charge is 0.390 e. The number of β-amino-alcohol motifs (C(OH)–C–C–N with tert-alkyl or cyclic N) is 1. The van der Waals surface area contributed by atoms with Crippen molar-refractivity contribution in [3.05, 3.63) is 0 Å². The molecule has 0 saturated carbocycles. The Hall–Kier alpha value is -0.160. The number of aliphatic hydroxyl groups is 1. The molecule has 1 heterocycles. The minimum atomic E-state index is -0.248. The van der Waals surface area contributed by atoms with Crippen LogP contribution >= 0.6 is 0 Å². The van der Waals surface area contributed by atoms with Crippen molar-refractivity contribution < 1.29 is 9.84 Å². The van der Waals surface area contributed by atoms with Crippen molar-refractivity contribution >= 4 is 0 Å². The van der Waals surface area contributed by atoms with Crippen LogP contribution in [0.15, 0.2) is 0 Å². The maximum Gasteiger partial charge on any atom is 0.0793 e. The second-order valence-corrected chi connectivity index (χ2v) is 5.68. The molecule has 0 aliphatic carbocycles. The number of rotatable bonds is 8. The average molecular weight is 258 g/mol. The van der Waals surface area contributed by atoms with Gasteiger partial charge in [0.25, 0.3) is 0 Å². The minimum Gasteiger partial charge on any atom is -0.390 e. The van der Waals surface area contributed by atoms with Gasteiger partial charge in [-0.25, -0.2) is 0 Å². The van der Waals surface area contributed by atoms with Crippen molar-refractivity contribution in [2.24, 2.45) is 5.92 Å². The van der Waals surface area contributed by atoms with E-state index in [0.29, 0.717) is 0 Å². The molecule has 1 saturated heterocycles. The molecule has 1 fully saturated rings. The minimum absolute atomic E-state index is 0.248. The zero-order chi connectivity index (χ0) is 13.4. The van der Waals surface area contributed by atoms with Gasteiger partial charge in [-0.3, -0.25) is 4.90 Å². The monoisotopic (exact) mass is 258 g/mol. The molecular formula is C14H30N2O2. The van der Waals surface area contributed by atoms with E-state index in [1.54, 1.807) is 0 Å². The highest BCUT2D eigenvalue weighted by molar-refractivity contribution is 4.70. The van der Waals surface area contributed by atoms with Gasteiger partial charge < -0.3 is 14.7 Å². The van der Waals surface area contributed by atoms with Gasteiger partial charge in [0.2, 0.25) is 0 Å². The zero-order valence-electron chi connectivity index (χ0n) is 12.3. The number of morpholine rings is 1. The Labute approximate surface area is 112 Å². The normalized spacial score (nSPS) is 21.2. The number of likely N-dealkylation sites (N-methyl/N-ethyl adjacent to an activating group) is 1. The lowest BCUT2D eigenvalue weighted by atomic mass is 10.1. The van der Waals surface area contributed by atoms with Crippen molar-refractivity contribution in [1.29, 1.82) is 0 Å². The van der Waals surface area contributed by atoms with Crippen LogP contribution in [0.5, 0.6) is 0 Å². The second kappa shape index (κ2) is 8.86. The SMILES string of the molecule is CCCC(C)CN(C)CC(O)CN1CCOCC1. The van der Waals surface area contributed by atoms with Gasteiger partial charge >= 0.3 is 0 Å². The molecule has 18 heavy (non-hydrogen) atoms. The Bertz CT molecular complexity index is 208. The van der Waals surface area contributed by atoms with Crippen LogP contribution in [0, 0.1) is 5.92 Å². The van der Waals surface area contributed by atoms with E-state index in [1.165, 1.54) is 12.8 Å². The molecule has 1 N–H and O–H groups in total. The van der Waals surface area contributed by atoms with E-state index < -0.39 is 0 Å². The maximum absolute atomic E-state index is 10.1. The van der Waals surface area contributed by atoms with Crippen LogP contribution in [0.1, 0.15) is 26.7 Å². The molecule has 4 nitrogen and oxygen atoms in total.